The smallest absolute Gasteiger partial charge is 0.408 e. The largest absolute Gasteiger partial charge is 0.421 e. The minimum Gasteiger partial charge on any atom is -0.408 e. The molecule has 4 rings (SSSR count). The Kier molecular flexibility index (Phi) is 3.51. The maximum absolute atomic E-state index is 12.2. The van der Waals surface area contributed by atoms with E-state index in [0.717, 1.165) is 18.4 Å². The van der Waals surface area contributed by atoms with Crippen molar-refractivity contribution in [2.24, 2.45) is 0 Å². The highest BCUT2D eigenvalue weighted by atomic mass is 35.5. The second kappa shape index (κ2) is 5.55. The van der Waals surface area contributed by atoms with Crippen LogP contribution in [0.4, 0.5) is 0 Å². The van der Waals surface area contributed by atoms with Crippen molar-refractivity contribution in [3.05, 3.63) is 69.2 Å². The number of benzene rings is 2. The monoisotopic (exact) mass is 328 g/mol. The molecule has 0 bridgehead atoms. The van der Waals surface area contributed by atoms with Crippen LogP contribution in [0.2, 0.25) is 5.02 Å². The first kappa shape index (κ1) is 14.5. The van der Waals surface area contributed by atoms with Gasteiger partial charge in [0.1, 0.15) is 0 Å². The Morgan fingerprint density at radius 3 is 3.00 bits per heavy atom. The van der Waals surface area contributed by atoms with E-state index in [2.05, 4.69) is 29.2 Å². The summed E-state index contributed by atoms with van der Waals surface area (Å²) in [5.74, 6) is -0.347. The highest BCUT2D eigenvalue weighted by Crippen LogP contribution is 2.35. The van der Waals surface area contributed by atoms with Gasteiger partial charge in [0.05, 0.1) is 12.2 Å². The summed E-state index contributed by atoms with van der Waals surface area (Å²) in [5.41, 5.74) is 4.07. The van der Waals surface area contributed by atoms with Crippen molar-refractivity contribution in [3.63, 3.8) is 0 Å². The lowest BCUT2D eigenvalue weighted by Crippen LogP contribution is -2.30. The van der Waals surface area contributed by atoms with Gasteiger partial charge in [0.2, 0.25) is 0 Å². The number of fused-ring (bicyclic) bond motifs is 2. The molecule has 1 aliphatic carbocycles. The van der Waals surface area contributed by atoms with Crippen molar-refractivity contribution in [1.82, 2.24) is 9.47 Å². The van der Waals surface area contributed by atoms with Gasteiger partial charge in [0.25, 0.3) is 0 Å². The summed E-state index contributed by atoms with van der Waals surface area (Å²) in [6.07, 6.45) is 2.16. The Morgan fingerprint density at radius 2 is 2.13 bits per heavy atom. The average Bonchev–Trinajstić information content (AvgIpc) is 3.09. The minimum atomic E-state index is -0.347. The molecule has 118 valence electrons. The van der Waals surface area contributed by atoms with E-state index in [0.29, 0.717) is 23.3 Å². The zero-order valence-electron chi connectivity index (χ0n) is 12.8. The zero-order valence-corrected chi connectivity index (χ0v) is 13.6. The lowest BCUT2D eigenvalue weighted by atomic mass is 10.1. The van der Waals surface area contributed by atoms with Crippen LogP contribution in [0.1, 0.15) is 23.6 Å². The van der Waals surface area contributed by atoms with E-state index in [4.69, 9.17) is 16.0 Å². The van der Waals surface area contributed by atoms with Crippen LogP contribution in [0.25, 0.3) is 11.1 Å². The average molecular weight is 329 g/mol. The van der Waals surface area contributed by atoms with Crippen LogP contribution in [0.5, 0.6) is 0 Å². The van der Waals surface area contributed by atoms with Gasteiger partial charge in [-0.2, -0.15) is 0 Å². The molecule has 0 spiro atoms. The normalized spacial score (nSPS) is 17.1. The third kappa shape index (κ3) is 2.48. The Balaban J connectivity index is 1.66. The van der Waals surface area contributed by atoms with Gasteiger partial charge in [-0.3, -0.25) is 9.47 Å². The van der Waals surface area contributed by atoms with E-state index < -0.39 is 0 Å². The molecule has 0 N–H and O–H groups in total. The van der Waals surface area contributed by atoms with Gasteiger partial charge < -0.3 is 4.42 Å². The fourth-order valence-corrected chi connectivity index (χ4v) is 3.65. The van der Waals surface area contributed by atoms with Gasteiger partial charge >= 0.3 is 5.76 Å². The van der Waals surface area contributed by atoms with E-state index in [-0.39, 0.29) is 5.76 Å². The summed E-state index contributed by atoms with van der Waals surface area (Å²) >= 11 is 5.96. The third-order valence-electron chi connectivity index (χ3n) is 4.63. The molecule has 0 fully saturated rings. The van der Waals surface area contributed by atoms with Crippen molar-refractivity contribution in [3.8, 4) is 0 Å². The Bertz CT molecular complexity index is 928. The molecule has 1 heterocycles. The molecule has 1 aliphatic rings. The minimum absolute atomic E-state index is 0.329. The molecule has 1 atom stereocenters. The maximum Gasteiger partial charge on any atom is 0.421 e. The van der Waals surface area contributed by atoms with Crippen LogP contribution >= 0.6 is 11.6 Å². The maximum atomic E-state index is 12.2. The lowest BCUT2D eigenvalue weighted by Gasteiger charge is -2.25. The van der Waals surface area contributed by atoms with Crippen LogP contribution < -0.4 is 5.76 Å². The van der Waals surface area contributed by atoms with E-state index in [1.54, 1.807) is 16.7 Å². The molecule has 0 radical (unpaired) electrons. The number of oxazole rings is 1. The molecule has 5 heteroatoms. The van der Waals surface area contributed by atoms with Gasteiger partial charge in [-0.15, -0.1) is 0 Å². The number of aromatic nitrogens is 1. The van der Waals surface area contributed by atoms with Crippen molar-refractivity contribution in [2.45, 2.75) is 25.6 Å². The first-order chi connectivity index (χ1) is 11.1. The van der Waals surface area contributed by atoms with Gasteiger partial charge in [0, 0.05) is 17.1 Å². The predicted molar refractivity (Wildman–Crippen MR) is 90.8 cm³/mol. The van der Waals surface area contributed by atoms with Crippen molar-refractivity contribution < 1.29 is 4.42 Å². The topological polar surface area (TPSA) is 38.4 Å². The number of hydrogen-bond donors (Lipinski definition) is 0. The van der Waals surface area contributed by atoms with Crippen molar-refractivity contribution >= 4 is 22.7 Å². The number of nitrogens with zero attached hydrogens (tertiary/aromatic N) is 2. The van der Waals surface area contributed by atoms with Crippen LogP contribution in [0.3, 0.4) is 0 Å². The first-order valence-corrected chi connectivity index (χ1v) is 8.08. The third-order valence-corrected chi connectivity index (χ3v) is 4.86. The highest BCUT2D eigenvalue weighted by Gasteiger charge is 2.26. The van der Waals surface area contributed by atoms with Crippen molar-refractivity contribution in [1.29, 1.82) is 0 Å². The molecular formula is C18H17ClN2O2. The first-order valence-electron chi connectivity index (χ1n) is 7.70. The van der Waals surface area contributed by atoms with Crippen LogP contribution in [0.15, 0.2) is 51.7 Å². The van der Waals surface area contributed by atoms with E-state index in [1.165, 1.54) is 11.1 Å². The Morgan fingerprint density at radius 1 is 1.30 bits per heavy atom. The van der Waals surface area contributed by atoms with E-state index in [9.17, 15) is 4.79 Å². The summed E-state index contributed by atoms with van der Waals surface area (Å²) < 4.78 is 6.97. The molecule has 4 nitrogen and oxygen atoms in total. The Labute approximate surface area is 138 Å². The molecule has 23 heavy (non-hydrogen) atoms. The highest BCUT2D eigenvalue weighted by molar-refractivity contribution is 6.31. The van der Waals surface area contributed by atoms with Crippen molar-refractivity contribution in [2.75, 3.05) is 7.05 Å². The molecular weight excluding hydrogens is 312 g/mol. The molecule has 1 unspecified atom stereocenters. The van der Waals surface area contributed by atoms with Crippen LogP contribution in [-0.2, 0) is 13.1 Å². The van der Waals surface area contributed by atoms with Gasteiger partial charge in [-0.1, -0.05) is 35.9 Å². The Hall–Kier alpha value is -2.04. The second-order valence-electron chi connectivity index (χ2n) is 6.06. The summed E-state index contributed by atoms with van der Waals surface area (Å²) in [6, 6.07) is 14.1. The number of hydrogen-bond acceptors (Lipinski definition) is 3. The molecule has 0 amide bonds. The van der Waals surface area contributed by atoms with Gasteiger partial charge in [-0.05, 0) is 43.1 Å². The zero-order chi connectivity index (χ0) is 16.0. The molecule has 1 aromatic heterocycles. The summed E-state index contributed by atoms with van der Waals surface area (Å²) in [4.78, 5) is 14.4. The number of aryl methyl sites for hydroxylation is 1. The fraction of sp³-hybridized carbons (Fsp3) is 0.278. The van der Waals surface area contributed by atoms with Gasteiger partial charge in [-0.25, -0.2) is 4.79 Å². The van der Waals surface area contributed by atoms with Gasteiger partial charge in [0.15, 0.2) is 5.58 Å². The van der Waals surface area contributed by atoms with Crippen LogP contribution in [-0.4, -0.2) is 16.5 Å². The van der Waals surface area contributed by atoms with E-state index >= 15 is 0 Å². The molecule has 2 aromatic carbocycles. The lowest BCUT2D eigenvalue weighted by molar-refractivity contribution is 0.189. The van der Waals surface area contributed by atoms with E-state index in [1.807, 2.05) is 13.1 Å². The molecule has 0 saturated carbocycles. The molecule has 0 saturated heterocycles. The second-order valence-corrected chi connectivity index (χ2v) is 6.50. The molecule has 3 aromatic rings. The quantitative estimate of drug-likeness (QED) is 0.733. The predicted octanol–water partition coefficient (Wildman–Crippen LogP) is 3.82. The standard InChI is InChI=1S/C18H17ClN2O2/c1-20(15-8-6-12-4-2-3-5-14(12)15)11-21-16-9-7-13(19)10-17(16)23-18(21)22/h2-5,7,9-10,15H,6,8,11H2,1H3. The summed E-state index contributed by atoms with van der Waals surface area (Å²) in [7, 11) is 2.05. The summed E-state index contributed by atoms with van der Waals surface area (Å²) in [5, 5.41) is 0.566. The molecule has 0 aliphatic heterocycles. The number of halogens is 1. The number of rotatable bonds is 3. The fourth-order valence-electron chi connectivity index (χ4n) is 3.49. The van der Waals surface area contributed by atoms with Crippen LogP contribution in [0, 0.1) is 0 Å². The summed E-state index contributed by atoms with van der Waals surface area (Å²) in [6.45, 7) is 0.493. The SMILES string of the molecule is CN(Cn1c(=O)oc2cc(Cl)ccc21)C1CCc2ccccc21.